The molecule has 5 rings (SSSR count). The number of methoxy groups -OCH3 is 1. The maximum Gasteiger partial charge on any atom is 0.416 e. The van der Waals surface area contributed by atoms with Crippen LogP contribution in [-0.4, -0.2) is 36.7 Å². The van der Waals surface area contributed by atoms with Gasteiger partial charge in [-0.3, -0.25) is 15.6 Å². The Morgan fingerprint density at radius 2 is 1.50 bits per heavy atom. The third kappa shape index (κ3) is 6.54. The van der Waals surface area contributed by atoms with Crippen LogP contribution in [0.2, 0.25) is 0 Å². The standard InChI is InChI=1S/C31H23F8N3O4/c1-45-28(44)26-25(27(43)42-41-22-11-17(30(34,35)36)10-18(12-22)31(37,38)39)23-7-8-29(26,46-23)24(9-16-5-3-2-4-6-16)40-21-14-19(32)13-20(33)15-21/h2-8,10-15,23-24,40-41H,9H2,1H3,(H,42,43). The van der Waals surface area contributed by atoms with Gasteiger partial charge in [-0.1, -0.05) is 36.4 Å². The predicted molar refractivity (Wildman–Crippen MR) is 148 cm³/mol. The molecule has 2 bridgehead atoms. The van der Waals surface area contributed by atoms with Gasteiger partial charge in [0, 0.05) is 11.8 Å². The Bertz CT molecular complexity index is 1670. The van der Waals surface area contributed by atoms with Crippen molar-refractivity contribution in [2.24, 2.45) is 0 Å². The number of nitrogens with one attached hydrogen (secondary N) is 3. The fourth-order valence-electron chi connectivity index (χ4n) is 5.38. The van der Waals surface area contributed by atoms with Gasteiger partial charge in [0.2, 0.25) is 0 Å². The van der Waals surface area contributed by atoms with Crippen LogP contribution in [0.5, 0.6) is 0 Å². The van der Waals surface area contributed by atoms with Crippen LogP contribution < -0.4 is 16.2 Å². The largest absolute Gasteiger partial charge is 0.466 e. The molecule has 3 atom stereocenters. The number of hydrazine groups is 1. The number of halogens is 8. The van der Waals surface area contributed by atoms with Crippen LogP contribution in [0.25, 0.3) is 0 Å². The second-order valence-electron chi connectivity index (χ2n) is 10.4. The van der Waals surface area contributed by atoms with Crippen LogP contribution in [0, 0.1) is 11.6 Å². The Morgan fingerprint density at radius 1 is 0.891 bits per heavy atom. The number of anilines is 2. The first-order chi connectivity index (χ1) is 21.6. The maximum atomic E-state index is 14.1. The molecule has 2 aliphatic heterocycles. The average Bonchev–Trinajstić information content (AvgIpc) is 3.57. The molecule has 3 N–H and O–H groups in total. The monoisotopic (exact) mass is 653 g/mol. The second kappa shape index (κ2) is 12.1. The number of amides is 1. The molecule has 1 amide bonds. The van der Waals surface area contributed by atoms with E-state index in [4.69, 9.17) is 9.47 Å². The van der Waals surface area contributed by atoms with Crippen molar-refractivity contribution in [2.45, 2.75) is 36.5 Å². The topological polar surface area (TPSA) is 88.7 Å². The number of rotatable bonds is 9. The molecule has 0 aliphatic carbocycles. The summed E-state index contributed by atoms with van der Waals surface area (Å²) in [5.74, 6) is -3.97. The lowest BCUT2D eigenvalue weighted by molar-refractivity contribution is -0.143. The zero-order valence-corrected chi connectivity index (χ0v) is 23.5. The van der Waals surface area contributed by atoms with Gasteiger partial charge < -0.3 is 14.8 Å². The highest BCUT2D eigenvalue weighted by atomic mass is 19.4. The van der Waals surface area contributed by atoms with Gasteiger partial charge in [0.25, 0.3) is 5.91 Å². The van der Waals surface area contributed by atoms with Crippen molar-refractivity contribution in [1.29, 1.82) is 0 Å². The van der Waals surface area contributed by atoms with E-state index < -0.39 is 70.4 Å². The molecule has 2 heterocycles. The summed E-state index contributed by atoms with van der Waals surface area (Å²) in [4.78, 5) is 26.7. The van der Waals surface area contributed by atoms with Crippen molar-refractivity contribution < 1.29 is 54.2 Å². The van der Waals surface area contributed by atoms with E-state index >= 15 is 0 Å². The predicted octanol–water partition coefficient (Wildman–Crippen LogP) is 6.35. The minimum atomic E-state index is -5.14. The molecule has 0 saturated heterocycles. The number of hydrogen-bond donors (Lipinski definition) is 3. The number of ether oxygens (including phenoxy) is 2. The van der Waals surface area contributed by atoms with Crippen molar-refractivity contribution >= 4 is 23.3 Å². The quantitative estimate of drug-likeness (QED) is 0.108. The molecule has 0 spiro atoms. The van der Waals surface area contributed by atoms with Crippen LogP contribution in [0.4, 0.5) is 46.5 Å². The number of carbonyl (C=O) groups is 2. The molecule has 3 aromatic carbocycles. The summed E-state index contributed by atoms with van der Waals surface area (Å²) < 4.78 is 119. The Labute approximate surface area is 255 Å². The zero-order chi connectivity index (χ0) is 33.4. The normalized spacial score (nSPS) is 19.6. The summed E-state index contributed by atoms with van der Waals surface area (Å²) in [6.45, 7) is 0. The molecule has 46 heavy (non-hydrogen) atoms. The lowest BCUT2D eigenvalue weighted by atomic mass is 9.79. The molecule has 7 nitrogen and oxygen atoms in total. The van der Waals surface area contributed by atoms with Gasteiger partial charge in [-0.25, -0.2) is 13.6 Å². The van der Waals surface area contributed by atoms with Gasteiger partial charge >= 0.3 is 18.3 Å². The van der Waals surface area contributed by atoms with E-state index in [9.17, 15) is 44.7 Å². The number of alkyl halides is 6. The van der Waals surface area contributed by atoms with E-state index in [0.29, 0.717) is 23.8 Å². The molecule has 242 valence electrons. The third-order valence-corrected chi connectivity index (χ3v) is 7.33. The number of hydrogen-bond acceptors (Lipinski definition) is 6. The Balaban J connectivity index is 1.52. The summed E-state index contributed by atoms with van der Waals surface area (Å²) in [7, 11) is 1.02. The lowest BCUT2D eigenvalue weighted by Crippen LogP contribution is -2.49. The van der Waals surface area contributed by atoms with Crippen LogP contribution >= 0.6 is 0 Å². The van der Waals surface area contributed by atoms with E-state index in [0.717, 1.165) is 19.2 Å². The Kier molecular flexibility index (Phi) is 8.55. The van der Waals surface area contributed by atoms with Crippen LogP contribution in [0.3, 0.4) is 0 Å². The second-order valence-corrected chi connectivity index (χ2v) is 10.4. The highest BCUT2D eigenvalue weighted by Gasteiger charge is 2.58. The van der Waals surface area contributed by atoms with Crippen LogP contribution in [-0.2, 0) is 37.8 Å². The van der Waals surface area contributed by atoms with Crippen LogP contribution in [0.15, 0.2) is 90.0 Å². The van der Waals surface area contributed by atoms with E-state index in [2.05, 4.69) is 10.7 Å². The molecule has 0 saturated carbocycles. The highest BCUT2D eigenvalue weighted by Crippen LogP contribution is 2.47. The fourth-order valence-corrected chi connectivity index (χ4v) is 5.38. The fraction of sp³-hybridized carbons (Fsp3) is 0.226. The highest BCUT2D eigenvalue weighted by molar-refractivity contribution is 6.07. The average molecular weight is 654 g/mol. The number of fused-ring (bicyclic) bond motifs is 2. The molecule has 2 aliphatic rings. The first-order valence-corrected chi connectivity index (χ1v) is 13.4. The van der Waals surface area contributed by atoms with Crippen LogP contribution in [0.1, 0.15) is 16.7 Å². The van der Waals surface area contributed by atoms with Gasteiger partial charge in [-0.15, -0.1) is 0 Å². The summed E-state index contributed by atoms with van der Waals surface area (Å²) >= 11 is 0. The summed E-state index contributed by atoms with van der Waals surface area (Å²) in [5.41, 5.74) is -1.70. The summed E-state index contributed by atoms with van der Waals surface area (Å²) in [6, 6.07) is 11.0. The van der Waals surface area contributed by atoms with Gasteiger partial charge in [0.15, 0.2) is 0 Å². The summed E-state index contributed by atoms with van der Waals surface area (Å²) in [6.07, 6.45) is -8.53. The SMILES string of the molecule is COC(=O)C1=C(C(=O)NNc2cc(C(F)(F)F)cc(C(F)(F)F)c2)C2C=CC1(C(Cc1ccccc1)Nc1cc(F)cc(F)c1)O2. The molecule has 0 radical (unpaired) electrons. The van der Waals surface area contributed by atoms with E-state index in [1.165, 1.54) is 12.2 Å². The van der Waals surface area contributed by atoms with Gasteiger partial charge in [0.05, 0.1) is 41.1 Å². The third-order valence-electron chi connectivity index (χ3n) is 7.33. The molecular weight excluding hydrogens is 630 g/mol. The minimum absolute atomic E-state index is 0.0259. The van der Waals surface area contributed by atoms with Gasteiger partial charge in [-0.2, -0.15) is 26.3 Å². The molecule has 0 fully saturated rings. The first-order valence-electron chi connectivity index (χ1n) is 13.4. The minimum Gasteiger partial charge on any atom is -0.466 e. The summed E-state index contributed by atoms with van der Waals surface area (Å²) in [5, 5.41) is 2.98. The zero-order valence-electron chi connectivity index (χ0n) is 23.5. The molecular formula is C31H23F8N3O4. The molecule has 15 heteroatoms. The molecule has 3 aromatic rings. The Morgan fingerprint density at radius 3 is 2.07 bits per heavy atom. The maximum absolute atomic E-state index is 14.1. The molecule has 3 unspecified atom stereocenters. The van der Waals surface area contributed by atoms with Crippen molar-refractivity contribution in [1.82, 2.24) is 5.43 Å². The van der Waals surface area contributed by atoms with Crippen molar-refractivity contribution in [2.75, 3.05) is 17.9 Å². The molecule has 0 aromatic heterocycles. The van der Waals surface area contributed by atoms with Crippen molar-refractivity contribution in [3.63, 3.8) is 0 Å². The van der Waals surface area contributed by atoms with E-state index in [1.807, 2.05) is 5.43 Å². The number of esters is 1. The lowest BCUT2D eigenvalue weighted by Gasteiger charge is -2.36. The van der Waals surface area contributed by atoms with E-state index in [1.54, 1.807) is 30.3 Å². The van der Waals surface area contributed by atoms with Crippen molar-refractivity contribution in [3.05, 3.63) is 118 Å². The van der Waals surface area contributed by atoms with Crippen molar-refractivity contribution in [3.8, 4) is 0 Å². The Hall–Kier alpha value is -4.92. The number of carbonyl (C=O) groups excluding carboxylic acids is 2. The number of benzene rings is 3. The van der Waals surface area contributed by atoms with E-state index in [-0.39, 0.29) is 29.3 Å². The smallest absolute Gasteiger partial charge is 0.416 e. The van der Waals surface area contributed by atoms with Gasteiger partial charge in [0.1, 0.15) is 23.3 Å². The van der Waals surface area contributed by atoms with Gasteiger partial charge in [-0.05, 0) is 48.4 Å². The first kappa shape index (κ1) is 32.5.